The van der Waals surface area contributed by atoms with Crippen molar-refractivity contribution in [3.8, 4) is 5.75 Å². The standard InChI is InChI=1S/C26H28N2O2S/c1-2-30-24-16-10-9-15-23(24)27-17-19-28(20-18-27)26(29)25(21-11-5-3-6-12-21)31-22-13-7-4-8-14-22/h3-16,25H,2,17-20H2,1H3/t25-/m1/s1. The first-order valence-electron chi connectivity index (χ1n) is 10.8. The first kappa shape index (κ1) is 21.3. The topological polar surface area (TPSA) is 32.8 Å². The minimum absolute atomic E-state index is 0.179. The summed E-state index contributed by atoms with van der Waals surface area (Å²) >= 11 is 1.62. The van der Waals surface area contributed by atoms with Crippen LogP contribution in [-0.2, 0) is 4.79 Å². The molecule has 1 saturated heterocycles. The van der Waals surface area contributed by atoms with E-state index < -0.39 is 0 Å². The quantitative estimate of drug-likeness (QED) is 0.476. The van der Waals surface area contributed by atoms with Crippen LogP contribution < -0.4 is 9.64 Å². The molecule has 0 unspecified atom stereocenters. The Morgan fingerprint density at radius 1 is 0.871 bits per heavy atom. The van der Waals surface area contributed by atoms with Gasteiger partial charge in [0.05, 0.1) is 12.3 Å². The van der Waals surface area contributed by atoms with Gasteiger partial charge in [-0.1, -0.05) is 60.7 Å². The second-order valence-electron chi connectivity index (χ2n) is 7.43. The van der Waals surface area contributed by atoms with Crippen molar-refractivity contribution in [1.29, 1.82) is 0 Å². The van der Waals surface area contributed by atoms with Crippen LogP contribution in [0.1, 0.15) is 17.7 Å². The number of amides is 1. The predicted octanol–water partition coefficient (Wildman–Crippen LogP) is 5.27. The summed E-state index contributed by atoms with van der Waals surface area (Å²) < 4.78 is 5.80. The summed E-state index contributed by atoms with van der Waals surface area (Å²) in [7, 11) is 0. The second-order valence-corrected chi connectivity index (χ2v) is 8.61. The van der Waals surface area contributed by atoms with Gasteiger partial charge in [-0.2, -0.15) is 0 Å². The van der Waals surface area contributed by atoms with Crippen LogP contribution in [0.5, 0.6) is 5.75 Å². The lowest BCUT2D eigenvalue weighted by Gasteiger charge is -2.38. The molecule has 3 aromatic rings. The molecule has 0 radical (unpaired) electrons. The van der Waals surface area contributed by atoms with Crippen molar-refractivity contribution >= 4 is 23.4 Å². The number of hydrogen-bond donors (Lipinski definition) is 0. The maximum Gasteiger partial charge on any atom is 0.240 e. The lowest BCUT2D eigenvalue weighted by atomic mass is 10.1. The molecule has 1 aliphatic heterocycles. The Bertz CT molecular complexity index is 973. The van der Waals surface area contributed by atoms with Crippen molar-refractivity contribution in [3.63, 3.8) is 0 Å². The Kier molecular flexibility index (Phi) is 7.15. The molecule has 0 bridgehead atoms. The molecule has 1 aliphatic rings. The van der Waals surface area contributed by atoms with E-state index in [1.54, 1.807) is 11.8 Å². The van der Waals surface area contributed by atoms with Crippen LogP contribution in [0.25, 0.3) is 0 Å². The van der Waals surface area contributed by atoms with Crippen LogP contribution in [0.3, 0.4) is 0 Å². The van der Waals surface area contributed by atoms with Crippen molar-refractivity contribution < 1.29 is 9.53 Å². The summed E-state index contributed by atoms with van der Waals surface area (Å²) in [5.41, 5.74) is 2.15. The number of thioether (sulfide) groups is 1. The molecule has 1 heterocycles. The number of para-hydroxylation sites is 2. The van der Waals surface area contributed by atoms with E-state index >= 15 is 0 Å². The minimum Gasteiger partial charge on any atom is -0.492 e. The van der Waals surface area contributed by atoms with Gasteiger partial charge < -0.3 is 14.5 Å². The normalized spacial score (nSPS) is 14.9. The summed E-state index contributed by atoms with van der Waals surface area (Å²) in [4.78, 5) is 19.0. The maximum atomic E-state index is 13.6. The van der Waals surface area contributed by atoms with Gasteiger partial charge in [0.15, 0.2) is 0 Å². The third kappa shape index (κ3) is 5.23. The van der Waals surface area contributed by atoms with E-state index in [-0.39, 0.29) is 11.2 Å². The van der Waals surface area contributed by atoms with Crippen LogP contribution >= 0.6 is 11.8 Å². The van der Waals surface area contributed by atoms with Gasteiger partial charge in [-0.25, -0.2) is 0 Å². The number of hydrogen-bond acceptors (Lipinski definition) is 4. The van der Waals surface area contributed by atoms with Gasteiger partial charge in [-0.05, 0) is 36.8 Å². The molecule has 3 aromatic carbocycles. The van der Waals surface area contributed by atoms with Crippen molar-refractivity contribution in [1.82, 2.24) is 4.90 Å². The Balaban J connectivity index is 1.48. The molecule has 0 spiro atoms. The van der Waals surface area contributed by atoms with E-state index in [0.29, 0.717) is 19.7 Å². The molecule has 0 saturated carbocycles. The van der Waals surface area contributed by atoms with E-state index in [1.807, 2.05) is 78.6 Å². The molecule has 1 atom stereocenters. The number of piperazine rings is 1. The molecule has 160 valence electrons. The van der Waals surface area contributed by atoms with Crippen molar-refractivity contribution in [3.05, 3.63) is 90.5 Å². The molecule has 1 amide bonds. The molecular weight excluding hydrogens is 404 g/mol. The van der Waals surface area contributed by atoms with Crippen molar-refractivity contribution in [2.24, 2.45) is 0 Å². The third-order valence-corrected chi connectivity index (χ3v) is 6.67. The fraction of sp³-hybridized carbons (Fsp3) is 0.269. The lowest BCUT2D eigenvalue weighted by Crippen LogP contribution is -2.49. The molecule has 0 aromatic heterocycles. The molecular formula is C26H28N2O2S. The van der Waals surface area contributed by atoms with Gasteiger partial charge in [-0.15, -0.1) is 11.8 Å². The van der Waals surface area contributed by atoms with Crippen LogP contribution in [-0.4, -0.2) is 43.6 Å². The lowest BCUT2D eigenvalue weighted by molar-refractivity contribution is -0.131. The number of ether oxygens (including phenoxy) is 1. The zero-order valence-corrected chi connectivity index (χ0v) is 18.6. The van der Waals surface area contributed by atoms with Crippen LogP contribution in [0.15, 0.2) is 89.8 Å². The Hall–Kier alpha value is -2.92. The zero-order chi connectivity index (χ0) is 21.5. The fourth-order valence-corrected chi connectivity index (χ4v) is 4.98. The maximum absolute atomic E-state index is 13.6. The van der Waals surface area contributed by atoms with E-state index in [9.17, 15) is 4.79 Å². The van der Waals surface area contributed by atoms with Crippen LogP contribution in [0.2, 0.25) is 0 Å². The average Bonchev–Trinajstić information content (AvgIpc) is 2.84. The second kappa shape index (κ2) is 10.4. The molecule has 1 fully saturated rings. The van der Waals surface area contributed by atoms with E-state index in [1.165, 1.54) is 0 Å². The number of rotatable bonds is 7. The van der Waals surface area contributed by atoms with Gasteiger partial charge in [0, 0.05) is 31.1 Å². The minimum atomic E-state index is -0.245. The zero-order valence-electron chi connectivity index (χ0n) is 17.8. The molecule has 4 nitrogen and oxygen atoms in total. The van der Waals surface area contributed by atoms with Gasteiger partial charge in [0.2, 0.25) is 5.91 Å². The summed E-state index contributed by atoms with van der Waals surface area (Å²) in [5, 5.41) is -0.245. The van der Waals surface area contributed by atoms with Gasteiger partial charge >= 0.3 is 0 Å². The fourth-order valence-electron chi connectivity index (χ4n) is 3.85. The summed E-state index contributed by atoms with van der Waals surface area (Å²) in [6, 6.07) is 28.4. The van der Waals surface area contributed by atoms with Gasteiger partial charge in [-0.3, -0.25) is 4.79 Å². The highest BCUT2D eigenvalue weighted by Gasteiger charge is 2.30. The Morgan fingerprint density at radius 2 is 1.48 bits per heavy atom. The van der Waals surface area contributed by atoms with Crippen molar-refractivity contribution in [2.45, 2.75) is 17.1 Å². The summed E-state index contributed by atoms with van der Waals surface area (Å²) in [6.45, 7) is 5.66. The molecule has 4 rings (SSSR count). The monoisotopic (exact) mass is 432 g/mol. The first-order chi connectivity index (χ1) is 15.3. The molecule has 5 heteroatoms. The number of carbonyl (C=O) groups excluding carboxylic acids is 1. The van der Waals surface area contributed by atoms with Gasteiger partial charge in [0.25, 0.3) is 0 Å². The highest BCUT2D eigenvalue weighted by Crippen LogP contribution is 2.37. The summed E-state index contributed by atoms with van der Waals surface area (Å²) in [5.74, 6) is 1.09. The highest BCUT2D eigenvalue weighted by molar-refractivity contribution is 8.00. The number of benzene rings is 3. The van der Waals surface area contributed by atoms with Crippen LogP contribution in [0.4, 0.5) is 5.69 Å². The third-order valence-electron chi connectivity index (χ3n) is 5.42. The van der Waals surface area contributed by atoms with Crippen LogP contribution in [0, 0.1) is 0 Å². The van der Waals surface area contributed by atoms with E-state index in [4.69, 9.17) is 4.74 Å². The number of anilines is 1. The molecule has 0 N–H and O–H groups in total. The van der Waals surface area contributed by atoms with Crippen molar-refractivity contribution in [2.75, 3.05) is 37.7 Å². The Morgan fingerprint density at radius 3 is 2.16 bits per heavy atom. The number of carbonyl (C=O) groups is 1. The molecule has 31 heavy (non-hydrogen) atoms. The number of nitrogens with zero attached hydrogens (tertiary/aromatic N) is 2. The SMILES string of the molecule is CCOc1ccccc1N1CCN(C(=O)[C@H](Sc2ccccc2)c2ccccc2)CC1. The first-order valence-corrected chi connectivity index (χ1v) is 11.7. The predicted molar refractivity (Wildman–Crippen MR) is 128 cm³/mol. The molecule has 0 aliphatic carbocycles. The average molecular weight is 433 g/mol. The highest BCUT2D eigenvalue weighted by atomic mass is 32.2. The summed E-state index contributed by atoms with van der Waals surface area (Å²) in [6.07, 6.45) is 0. The van der Waals surface area contributed by atoms with Gasteiger partial charge in [0.1, 0.15) is 11.0 Å². The smallest absolute Gasteiger partial charge is 0.240 e. The van der Waals surface area contributed by atoms with E-state index in [2.05, 4.69) is 23.1 Å². The largest absolute Gasteiger partial charge is 0.492 e. The van der Waals surface area contributed by atoms with E-state index in [0.717, 1.165) is 35.0 Å². The Labute approximate surface area is 188 Å².